The standard InChI is InChI=1S/C17H20N4O4/c1-11-7-13(21(2)20-11)17(23)19-9-16(22)18-6-5-12-3-4-14-15(8-12)25-10-24-14/h3-4,7-8H,5-6,9-10H2,1-2H3,(H,18,22)(H,19,23). The molecule has 0 radical (unpaired) electrons. The summed E-state index contributed by atoms with van der Waals surface area (Å²) in [4.78, 5) is 23.9. The number of carbonyl (C=O) groups excluding carboxylic acids is 2. The van der Waals surface area contributed by atoms with Crippen LogP contribution >= 0.6 is 0 Å². The highest BCUT2D eigenvalue weighted by Gasteiger charge is 2.14. The minimum absolute atomic E-state index is 0.0792. The zero-order valence-electron chi connectivity index (χ0n) is 14.2. The van der Waals surface area contributed by atoms with Crippen molar-refractivity contribution in [3.8, 4) is 11.5 Å². The highest BCUT2D eigenvalue weighted by Crippen LogP contribution is 2.32. The van der Waals surface area contributed by atoms with E-state index in [-0.39, 0.29) is 25.2 Å². The van der Waals surface area contributed by atoms with E-state index in [4.69, 9.17) is 9.47 Å². The van der Waals surface area contributed by atoms with Gasteiger partial charge in [-0.05, 0) is 37.1 Å². The molecule has 1 aromatic carbocycles. The zero-order chi connectivity index (χ0) is 17.8. The Labute approximate surface area is 145 Å². The van der Waals surface area contributed by atoms with Crippen LogP contribution in [0.15, 0.2) is 24.3 Å². The maximum absolute atomic E-state index is 12.0. The number of ether oxygens (including phenoxy) is 2. The molecule has 3 rings (SSSR count). The van der Waals surface area contributed by atoms with Gasteiger partial charge in [-0.2, -0.15) is 5.10 Å². The van der Waals surface area contributed by atoms with Crippen LogP contribution in [-0.2, 0) is 18.3 Å². The minimum atomic E-state index is -0.325. The van der Waals surface area contributed by atoms with Crippen LogP contribution in [0.5, 0.6) is 11.5 Å². The Bertz CT molecular complexity index is 800. The van der Waals surface area contributed by atoms with Crippen LogP contribution in [0.3, 0.4) is 0 Å². The van der Waals surface area contributed by atoms with Crippen LogP contribution in [0.25, 0.3) is 0 Å². The number of rotatable bonds is 6. The molecule has 2 heterocycles. The van der Waals surface area contributed by atoms with Crippen LogP contribution < -0.4 is 20.1 Å². The molecule has 8 heteroatoms. The molecule has 132 valence electrons. The van der Waals surface area contributed by atoms with Gasteiger partial charge < -0.3 is 20.1 Å². The average molecular weight is 344 g/mol. The number of amides is 2. The molecule has 0 aliphatic carbocycles. The van der Waals surface area contributed by atoms with Crippen molar-refractivity contribution in [2.24, 2.45) is 7.05 Å². The van der Waals surface area contributed by atoms with Gasteiger partial charge in [-0.15, -0.1) is 0 Å². The first kappa shape index (κ1) is 16.8. The summed E-state index contributed by atoms with van der Waals surface area (Å²) >= 11 is 0. The molecular weight excluding hydrogens is 324 g/mol. The Morgan fingerprint density at radius 1 is 1.20 bits per heavy atom. The van der Waals surface area contributed by atoms with E-state index in [1.165, 1.54) is 4.68 Å². The highest BCUT2D eigenvalue weighted by molar-refractivity contribution is 5.95. The quantitative estimate of drug-likeness (QED) is 0.798. The minimum Gasteiger partial charge on any atom is -0.454 e. The van der Waals surface area contributed by atoms with Crippen molar-refractivity contribution in [1.82, 2.24) is 20.4 Å². The molecule has 25 heavy (non-hydrogen) atoms. The average Bonchev–Trinajstić information content (AvgIpc) is 3.18. The lowest BCUT2D eigenvalue weighted by Crippen LogP contribution is -2.38. The third-order valence-electron chi connectivity index (χ3n) is 3.82. The van der Waals surface area contributed by atoms with Crippen molar-refractivity contribution in [1.29, 1.82) is 0 Å². The fourth-order valence-electron chi connectivity index (χ4n) is 2.58. The van der Waals surface area contributed by atoms with Crippen molar-refractivity contribution >= 4 is 11.8 Å². The first-order valence-electron chi connectivity index (χ1n) is 7.97. The van der Waals surface area contributed by atoms with Gasteiger partial charge in [0, 0.05) is 13.6 Å². The predicted molar refractivity (Wildman–Crippen MR) is 89.6 cm³/mol. The van der Waals surface area contributed by atoms with Crippen LogP contribution in [-0.4, -0.2) is 41.5 Å². The molecule has 1 aromatic heterocycles. The van der Waals surface area contributed by atoms with Crippen molar-refractivity contribution in [3.05, 3.63) is 41.2 Å². The van der Waals surface area contributed by atoms with E-state index < -0.39 is 0 Å². The molecule has 2 N–H and O–H groups in total. The summed E-state index contributed by atoms with van der Waals surface area (Å²) in [5, 5.41) is 9.47. The third kappa shape index (κ3) is 4.09. The Hall–Kier alpha value is -3.03. The normalized spacial score (nSPS) is 12.1. The maximum Gasteiger partial charge on any atom is 0.269 e. The lowest BCUT2D eigenvalue weighted by Gasteiger charge is -2.07. The third-order valence-corrected chi connectivity index (χ3v) is 3.82. The second kappa shape index (κ2) is 7.25. The SMILES string of the molecule is Cc1cc(C(=O)NCC(=O)NCCc2ccc3c(c2)OCO3)n(C)n1. The second-order valence-corrected chi connectivity index (χ2v) is 5.76. The van der Waals surface area contributed by atoms with Crippen molar-refractivity contribution in [2.75, 3.05) is 19.9 Å². The van der Waals surface area contributed by atoms with Gasteiger partial charge in [-0.3, -0.25) is 14.3 Å². The molecule has 2 aromatic rings. The Morgan fingerprint density at radius 3 is 2.76 bits per heavy atom. The van der Waals surface area contributed by atoms with E-state index in [9.17, 15) is 9.59 Å². The number of aryl methyl sites for hydroxylation is 2. The first-order valence-corrected chi connectivity index (χ1v) is 7.97. The van der Waals surface area contributed by atoms with Crippen LogP contribution in [0.2, 0.25) is 0 Å². The molecule has 0 bridgehead atoms. The van der Waals surface area contributed by atoms with Crippen molar-refractivity contribution in [2.45, 2.75) is 13.3 Å². The Balaban J connectivity index is 1.41. The summed E-state index contributed by atoms with van der Waals surface area (Å²) in [6.07, 6.45) is 0.664. The molecule has 8 nitrogen and oxygen atoms in total. The summed E-state index contributed by atoms with van der Waals surface area (Å²) in [7, 11) is 1.69. The lowest BCUT2D eigenvalue weighted by molar-refractivity contribution is -0.120. The van der Waals surface area contributed by atoms with Crippen LogP contribution in [0.4, 0.5) is 0 Å². The maximum atomic E-state index is 12.0. The zero-order valence-corrected chi connectivity index (χ0v) is 14.2. The summed E-state index contributed by atoms with van der Waals surface area (Å²) in [6, 6.07) is 7.37. The fraction of sp³-hybridized carbons (Fsp3) is 0.353. The molecule has 1 aliphatic heterocycles. The van der Waals surface area contributed by atoms with Gasteiger partial charge >= 0.3 is 0 Å². The molecule has 0 spiro atoms. The number of carbonyl (C=O) groups is 2. The van der Waals surface area contributed by atoms with Crippen LogP contribution in [0, 0.1) is 6.92 Å². The number of aromatic nitrogens is 2. The smallest absolute Gasteiger partial charge is 0.269 e. The summed E-state index contributed by atoms with van der Waals surface area (Å²) in [6.45, 7) is 2.44. The molecule has 0 atom stereocenters. The van der Waals surface area contributed by atoms with E-state index in [0.29, 0.717) is 18.7 Å². The van der Waals surface area contributed by atoms with Crippen molar-refractivity contribution in [3.63, 3.8) is 0 Å². The molecular formula is C17H20N4O4. The van der Waals surface area contributed by atoms with Gasteiger partial charge in [0.2, 0.25) is 12.7 Å². The summed E-state index contributed by atoms with van der Waals surface area (Å²) in [5.74, 6) is 0.894. The van der Waals surface area contributed by atoms with E-state index in [1.807, 2.05) is 18.2 Å². The van der Waals surface area contributed by atoms with E-state index in [2.05, 4.69) is 15.7 Å². The summed E-state index contributed by atoms with van der Waals surface area (Å²) < 4.78 is 12.1. The number of hydrogen-bond acceptors (Lipinski definition) is 5. The monoisotopic (exact) mass is 344 g/mol. The van der Waals surface area contributed by atoms with Gasteiger partial charge in [0.25, 0.3) is 5.91 Å². The number of hydrogen-bond donors (Lipinski definition) is 2. The van der Waals surface area contributed by atoms with E-state index in [0.717, 1.165) is 22.8 Å². The molecule has 0 unspecified atom stereocenters. The molecule has 0 fully saturated rings. The van der Waals surface area contributed by atoms with Gasteiger partial charge in [0.1, 0.15) is 5.69 Å². The molecule has 2 amide bonds. The van der Waals surface area contributed by atoms with E-state index >= 15 is 0 Å². The van der Waals surface area contributed by atoms with Gasteiger partial charge in [0.05, 0.1) is 12.2 Å². The number of benzene rings is 1. The Kier molecular flexibility index (Phi) is 4.87. The second-order valence-electron chi connectivity index (χ2n) is 5.76. The van der Waals surface area contributed by atoms with Gasteiger partial charge in [-0.25, -0.2) is 0 Å². The van der Waals surface area contributed by atoms with Gasteiger partial charge in [-0.1, -0.05) is 6.07 Å². The lowest BCUT2D eigenvalue weighted by atomic mass is 10.1. The highest BCUT2D eigenvalue weighted by atomic mass is 16.7. The topological polar surface area (TPSA) is 94.5 Å². The molecule has 0 saturated carbocycles. The number of nitrogens with one attached hydrogen (secondary N) is 2. The molecule has 1 aliphatic rings. The summed E-state index contributed by atoms with van der Waals surface area (Å²) in [5.41, 5.74) is 2.21. The Morgan fingerprint density at radius 2 is 2.00 bits per heavy atom. The molecule has 0 saturated heterocycles. The fourth-order valence-corrected chi connectivity index (χ4v) is 2.58. The van der Waals surface area contributed by atoms with E-state index in [1.54, 1.807) is 20.0 Å². The van der Waals surface area contributed by atoms with Gasteiger partial charge in [0.15, 0.2) is 11.5 Å². The van der Waals surface area contributed by atoms with Crippen molar-refractivity contribution < 1.29 is 19.1 Å². The largest absolute Gasteiger partial charge is 0.454 e. The predicted octanol–water partition coefficient (Wildman–Crippen LogP) is 0.546. The first-order chi connectivity index (χ1) is 12.0. The number of nitrogens with zero attached hydrogens (tertiary/aromatic N) is 2. The number of fused-ring (bicyclic) bond motifs is 1. The van der Waals surface area contributed by atoms with Crippen LogP contribution in [0.1, 0.15) is 21.7 Å².